The first-order valence-electron chi connectivity index (χ1n) is 4.31. The molecular weight excluding hydrogens is 256 g/mol. The van der Waals surface area contributed by atoms with Crippen molar-refractivity contribution in [2.24, 2.45) is 16.5 Å². The third kappa shape index (κ3) is 2.07. The monoisotopic (exact) mass is 264 g/mol. The summed E-state index contributed by atoms with van der Waals surface area (Å²) in [5.74, 6) is 0.0345. The van der Waals surface area contributed by atoms with Crippen LogP contribution in [0.1, 0.15) is 0 Å². The molecule has 0 saturated carbocycles. The van der Waals surface area contributed by atoms with Gasteiger partial charge in [0, 0.05) is 16.1 Å². The molecular formula is C10H9BrN4. The molecule has 1 aromatic carbocycles. The smallest absolute Gasteiger partial charge is 0.191 e. The molecule has 0 fully saturated rings. The highest BCUT2D eigenvalue weighted by Gasteiger charge is 2.01. The van der Waals surface area contributed by atoms with Gasteiger partial charge in [0.05, 0.1) is 11.2 Å². The summed E-state index contributed by atoms with van der Waals surface area (Å²) in [4.78, 5) is 8.28. The highest BCUT2D eigenvalue weighted by atomic mass is 79.9. The number of rotatable bonds is 1. The minimum atomic E-state index is 0.0345. The number of hydrogen-bond acceptors (Lipinski definition) is 2. The summed E-state index contributed by atoms with van der Waals surface area (Å²) >= 11 is 3.36. The third-order valence-corrected chi connectivity index (χ3v) is 2.34. The first-order chi connectivity index (χ1) is 7.16. The first-order valence-corrected chi connectivity index (χ1v) is 5.10. The van der Waals surface area contributed by atoms with E-state index in [0.29, 0.717) is 5.69 Å². The second-order valence-electron chi connectivity index (χ2n) is 3.04. The van der Waals surface area contributed by atoms with Gasteiger partial charge in [0.2, 0.25) is 0 Å². The van der Waals surface area contributed by atoms with Crippen LogP contribution in [0.25, 0.3) is 10.9 Å². The Balaban J connectivity index is 2.71. The second kappa shape index (κ2) is 3.86. The molecule has 0 amide bonds. The van der Waals surface area contributed by atoms with Crippen molar-refractivity contribution in [3.05, 3.63) is 34.9 Å². The number of aromatic nitrogens is 1. The summed E-state index contributed by atoms with van der Waals surface area (Å²) in [6.07, 6.45) is 1.72. The van der Waals surface area contributed by atoms with Gasteiger partial charge in [0.25, 0.3) is 0 Å². The Hall–Kier alpha value is -1.62. The zero-order chi connectivity index (χ0) is 10.8. The number of pyridine rings is 1. The molecule has 1 aromatic heterocycles. The first kappa shape index (κ1) is 9.92. The molecule has 5 heteroatoms. The Morgan fingerprint density at radius 3 is 2.87 bits per heavy atom. The molecule has 0 aliphatic carbocycles. The van der Waals surface area contributed by atoms with E-state index in [2.05, 4.69) is 25.9 Å². The maximum absolute atomic E-state index is 5.34. The molecule has 76 valence electrons. The van der Waals surface area contributed by atoms with Crippen molar-refractivity contribution in [1.82, 2.24) is 4.98 Å². The molecule has 0 radical (unpaired) electrons. The Morgan fingerprint density at radius 1 is 1.33 bits per heavy atom. The van der Waals surface area contributed by atoms with Crippen molar-refractivity contribution >= 4 is 38.5 Å². The number of benzene rings is 1. The summed E-state index contributed by atoms with van der Waals surface area (Å²) in [5.41, 5.74) is 12.1. The van der Waals surface area contributed by atoms with Crippen LogP contribution in [0.4, 0.5) is 5.69 Å². The molecule has 0 spiro atoms. The Labute approximate surface area is 95.1 Å². The predicted molar refractivity (Wildman–Crippen MR) is 64.9 cm³/mol. The minimum Gasteiger partial charge on any atom is -0.370 e. The fourth-order valence-electron chi connectivity index (χ4n) is 1.35. The van der Waals surface area contributed by atoms with Crippen LogP contribution >= 0.6 is 15.9 Å². The maximum atomic E-state index is 5.34. The number of guanidine groups is 1. The Bertz CT molecular complexity index is 532. The van der Waals surface area contributed by atoms with Crippen LogP contribution in [0, 0.1) is 0 Å². The molecule has 2 aromatic rings. The van der Waals surface area contributed by atoms with Crippen molar-refractivity contribution < 1.29 is 0 Å². The molecule has 4 N–H and O–H groups in total. The van der Waals surface area contributed by atoms with Crippen LogP contribution in [-0.4, -0.2) is 10.9 Å². The summed E-state index contributed by atoms with van der Waals surface area (Å²) in [5, 5.41) is 0.992. The molecule has 0 unspecified atom stereocenters. The van der Waals surface area contributed by atoms with Gasteiger partial charge in [-0.3, -0.25) is 4.98 Å². The maximum Gasteiger partial charge on any atom is 0.191 e. The van der Waals surface area contributed by atoms with Crippen molar-refractivity contribution in [2.75, 3.05) is 0 Å². The molecule has 0 aliphatic heterocycles. The normalized spacial score (nSPS) is 10.2. The lowest BCUT2D eigenvalue weighted by atomic mass is 10.2. The molecule has 0 atom stereocenters. The number of para-hydroxylation sites is 1. The van der Waals surface area contributed by atoms with E-state index in [1.807, 2.05) is 24.3 Å². The SMILES string of the molecule is NC(N)=Nc1cccc2cc(Br)cnc12. The van der Waals surface area contributed by atoms with E-state index >= 15 is 0 Å². The minimum absolute atomic E-state index is 0.0345. The molecule has 15 heavy (non-hydrogen) atoms. The van der Waals surface area contributed by atoms with E-state index in [1.165, 1.54) is 0 Å². The van der Waals surface area contributed by atoms with Crippen molar-refractivity contribution in [2.45, 2.75) is 0 Å². The van der Waals surface area contributed by atoms with Crippen LogP contribution in [0.2, 0.25) is 0 Å². The van der Waals surface area contributed by atoms with Gasteiger partial charge in [-0.2, -0.15) is 0 Å². The van der Waals surface area contributed by atoms with E-state index in [9.17, 15) is 0 Å². The van der Waals surface area contributed by atoms with Crippen LogP contribution in [0.15, 0.2) is 39.9 Å². The van der Waals surface area contributed by atoms with Crippen LogP contribution < -0.4 is 11.5 Å². The number of hydrogen-bond donors (Lipinski definition) is 2. The lowest BCUT2D eigenvalue weighted by molar-refractivity contribution is 1.36. The quantitative estimate of drug-likeness (QED) is 0.610. The van der Waals surface area contributed by atoms with Gasteiger partial charge < -0.3 is 11.5 Å². The van der Waals surface area contributed by atoms with Crippen LogP contribution in [-0.2, 0) is 0 Å². The largest absolute Gasteiger partial charge is 0.370 e. The topological polar surface area (TPSA) is 77.3 Å². The number of aliphatic imine (C=N–C) groups is 1. The average Bonchev–Trinajstić information content (AvgIpc) is 2.16. The molecule has 0 bridgehead atoms. The lowest BCUT2D eigenvalue weighted by Crippen LogP contribution is -2.21. The third-order valence-electron chi connectivity index (χ3n) is 1.91. The summed E-state index contributed by atoms with van der Waals surface area (Å²) in [6.45, 7) is 0. The molecule has 0 saturated heterocycles. The average molecular weight is 265 g/mol. The van der Waals surface area contributed by atoms with Gasteiger partial charge in [-0.15, -0.1) is 0 Å². The fourth-order valence-corrected chi connectivity index (χ4v) is 1.70. The second-order valence-corrected chi connectivity index (χ2v) is 3.95. The summed E-state index contributed by atoms with van der Waals surface area (Å²) < 4.78 is 0.928. The van der Waals surface area contributed by atoms with Gasteiger partial charge in [-0.05, 0) is 28.1 Å². The Kier molecular flexibility index (Phi) is 2.55. The molecule has 1 heterocycles. The highest BCUT2D eigenvalue weighted by Crippen LogP contribution is 2.25. The molecule has 4 nitrogen and oxygen atoms in total. The number of nitrogens with zero attached hydrogens (tertiary/aromatic N) is 2. The van der Waals surface area contributed by atoms with Crippen molar-refractivity contribution in [3.63, 3.8) is 0 Å². The predicted octanol–water partition coefficient (Wildman–Crippen LogP) is 1.90. The van der Waals surface area contributed by atoms with E-state index < -0.39 is 0 Å². The lowest BCUT2D eigenvalue weighted by Gasteiger charge is -2.01. The van der Waals surface area contributed by atoms with E-state index in [0.717, 1.165) is 15.4 Å². The van der Waals surface area contributed by atoms with Gasteiger partial charge in [0.15, 0.2) is 5.96 Å². The van der Waals surface area contributed by atoms with E-state index in [4.69, 9.17) is 11.5 Å². The van der Waals surface area contributed by atoms with Gasteiger partial charge in [0.1, 0.15) is 0 Å². The Morgan fingerprint density at radius 2 is 2.13 bits per heavy atom. The van der Waals surface area contributed by atoms with Crippen LogP contribution in [0.3, 0.4) is 0 Å². The number of fused-ring (bicyclic) bond motifs is 1. The standard InChI is InChI=1S/C10H9BrN4/c11-7-4-6-2-1-3-8(15-10(12)13)9(6)14-5-7/h1-5H,(H4,12,13,15). The zero-order valence-corrected chi connectivity index (χ0v) is 9.40. The molecule has 2 rings (SSSR count). The van der Waals surface area contributed by atoms with Gasteiger partial charge >= 0.3 is 0 Å². The van der Waals surface area contributed by atoms with Gasteiger partial charge in [-0.1, -0.05) is 12.1 Å². The highest BCUT2D eigenvalue weighted by molar-refractivity contribution is 9.10. The van der Waals surface area contributed by atoms with E-state index in [-0.39, 0.29) is 5.96 Å². The van der Waals surface area contributed by atoms with E-state index in [1.54, 1.807) is 6.20 Å². The molecule has 0 aliphatic rings. The summed E-state index contributed by atoms with van der Waals surface area (Å²) in [6, 6.07) is 7.63. The van der Waals surface area contributed by atoms with Gasteiger partial charge in [-0.25, -0.2) is 4.99 Å². The number of halogens is 1. The van der Waals surface area contributed by atoms with Crippen molar-refractivity contribution in [1.29, 1.82) is 0 Å². The number of nitrogens with two attached hydrogens (primary N) is 2. The summed E-state index contributed by atoms with van der Waals surface area (Å²) in [7, 11) is 0. The van der Waals surface area contributed by atoms with Crippen LogP contribution in [0.5, 0.6) is 0 Å². The zero-order valence-electron chi connectivity index (χ0n) is 7.81. The van der Waals surface area contributed by atoms with Crippen molar-refractivity contribution in [3.8, 4) is 0 Å². The fraction of sp³-hybridized carbons (Fsp3) is 0.